The maximum atomic E-state index is 11.3. The first-order valence-corrected chi connectivity index (χ1v) is 8.61. The van der Waals surface area contributed by atoms with Crippen LogP contribution in [0.2, 0.25) is 0 Å². The zero-order chi connectivity index (χ0) is 13.8. The van der Waals surface area contributed by atoms with Crippen molar-refractivity contribution in [2.24, 2.45) is 0 Å². The monoisotopic (exact) mass is 334 g/mol. The molecule has 5 heteroatoms. The average molecular weight is 335 g/mol. The Bertz CT molecular complexity index is 497. The second-order valence-electron chi connectivity index (χ2n) is 4.42. The maximum absolute atomic E-state index is 11.3. The summed E-state index contributed by atoms with van der Waals surface area (Å²) < 4.78 is 23.5. The van der Waals surface area contributed by atoms with E-state index in [9.17, 15) is 13.5 Å². The summed E-state index contributed by atoms with van der Waals surface area (Å²) in [5.74, 6) is 0.307. The molecular weight excluding hydrogens is 316 g/mol. The predicted octanol–water partition coefficient (Wildman–Crippen LogP) is 3.01. The van der Waals surface area contributed by atoms with Gasteiger partial charge in [0.2, 0.25) is 0 Å². The number of aryl methyl sites for hydroxylation is 1. The normalized spacial score (nSPS) is 13.6. The fourth-order valence-corrected chi connectivity index (χ4v) is 3.35. The zero-order valence-electron chi connectivity index (χ0n) is 10.7. The first-order valence-electron chi connectivity index (χ1n) is 6.00. The summed E-state index contributed by atoms with van der Waals surface area (Å²) in [6, 6.07) is 5.76. The van der Waals surface area contributed by atoms with Crippen LogP contribution in [-0.2, 0) is 9.84 Å². The van der Waals surface area contributed by atoms with Crippen LogP contribution in [0.4, 0.5) is 0 Å². The summed E-state index contributed by atoms with van der Waals surface area (Å²) in [6.45, 7) is 3.62. The van der Waals surface area contributed by atoms with Gasteiger partial charge in [-0.3, -0.25) is 0 Å². The summed E-state index contributed by atoms with van der Waals surface area (Å²) in [5.41, 5.74) is 1.93. The molecule has 0 bridgehead atoms. The summed E-state index contributed by atoms with van der Waals surface area (Å²) in [7, 11) is -2.94. The van der Waals surface area contributed by atoms with Gasteiger partial charge in [-0.15, -0.1) is 0 Å². The minimum Gasteiger partial charge on any atom is -0.388 e. The van der Waals surface area contributed by atoms with Crippen LogP contribution in [0.3, 0.4) is 0 Å². The molecule has 0 radical (unpaired) electrons. The SMILES string of the molecule is CCS(=O)(=O)CCCC(O)c1ccc(C)cc1Br. The molecule has 0 saturated carbocycles. The minimum absolute atomic E-state index is 0.143. The van der Waals surface area contributed by atoms with Crippen molar-refractivity contribution >= 4 is 25.8 Å². The molecule has 1 rings (SSSR count). The third-order valence-corrected chi connectivity index (χ3v) is 5.36. The Kier molecular flexibility index (Phi) is 5.82. The van der Waals surface area contributed by atoms with Crippen LogP contribution >= 0.6 is 15.9 Å². The van der Waals surface area contributed by atoms with Crippen molar-refractivity contribution in [3.8, 4) is 0 Å². The number of sulfone groups is 1. The van der Waals surface area contributed by atoms with E-state index in [1.165, 1.54) is 0 Å². The molecule has 0 aliphatic rings. The molecule has 1 N–H and O–H groups in total. The quantitative estimate of drug-likeness (QED) is 0.869. The molecule has 0 aliphatic heterocycles. The first kappa shape index (κ1) is 15.7. The molecule has 0 spiro atoms. The number of halogens is 1. The highest BCUT2D eigenvalue weighted by atomic mass is 79.9. The lowest BCUT2D eigenvalue weighted by molar-refractivity contribution is 0.166. The van der Waals surface area contributed by atoms with Gasteiger partial charge < -0.3 is 5.11 Å². The third-order valence-electron chi connectivity index (χ3n) is 2.89. The molecule has 18 heavy (non-hydrogen) atoms. The Morgan fingerprint density at radius 1 is 1.39 bits per heavy atom. The fraction of sp³-hybridized carbons (Fsp3) is 0.538. The number of rotatable bonds is 6. The number of hydrogen-bond acceptors (Lipinski definition) is 3. The predicted molar refractivity (Wildman–Crippen MR) is 77.4 cm³/mol. The molecule has 0 amide bonds. The van der Waals surface area contributed by atoms with Crippen LogP contribution in [0.1, 0.15) is 37.0 Å². The van der Waals surface area contributed by atoms with Gasteiger partial charge in [0.25, 0.3) is 0 Å². The Balaban J connectivity index is 2.58. The van der Waals surface area contributed by atoms with Crippen LogP contribution < -0.4 is 0 Å². The third kappa shape index (κ3) is 4.71. The van der Waals surface area contributed by atoms with Crippen LogP contribution in [-0.4, -0.2) is 25.0 Å². The largest absolute Gasteiger partial charge is 0.388 e. The molecule has 1 atom stereocenters. The Hall–Kier alpha value is -0.390. The van der Waals surface area contributed by atoms with E-state index in [4.69, 9.17) is 0 Å². The van der Waals surface area contributed by atoms with Gasteiger partial charge in [0, 0.05) is 10.2 Å². The van der Waals surface area contributed by atoms with Gasteiger partial charge in [-0.2, -0.15) is 0 Å². The van der Waals surface area contributed by atoms with Crippen molar-refractivity contribution in [1.82, 2.24) is 0 Å². The Morgan fingerprint density at radius 2 is 2.06 bits per heavy atom. The van der Waals surface area contributed by atoms with Crippen molar-refractivity contribution in [3.05, 3.63) is 33.8 Å². The van der Waals surface area contributed by atoms with Gasteiger partial charge in [-0.05, 0) is 37.0 Å². The van der Waals surface area contributed by atoms with Crippen molar-refractivity contribution in [1.29, 1.82) is 0 Å². The fourth-order valence-electron chi connectivity index (χ4n) is 1.70. The average Bonchev–Trinajstić information content (AvgIpc) is 2.28. The summed E-state index contributed by atoms with van der Waals surface area (Å²) in [5, 5.41) is 10.0. The molecule has 1 aromatic carbocycles. The van der Waals surface area contributed by atoms with Crippen LogP contribution in [0, 0.1) is 6.92 Å². The smallest absolute Gasteiger partial charge is 0.150 e. The molecule has 1 unspecified atom stereocenters. The first-order chi connectivity index (χ1) is 8.35. The number of aliphatic hydroxyl groups excluding tert-OH is 1. The van der Waals surface area contributed by atoms with Crippen molar-refractivity contribution in [3.63, 3.8) is 0 Å². The number of hydrogen-bond donors (Lipinski definition) is 1. The van der Waals surface area contributed by atoms with Gasteiger partial charge in [0.15, 0.2) is 0 Å². The van der Waals surface area contributed by atoms with Crippen molar-refractivity contribution in [2.75, 3.05) is 11.5 Å². The molecule has 102 valence electrons. The van der Waals surface area contributed by atoms with E-state index in [-0.39, 0.29) is 11.5 Å². The van der Waals surface area contributed by atoms with E-state index in [2.05, 4.69) is 15.9 Å². The van der Waals surface area contributed by atoms with Gasteiger partial charge in [-0.1, -0.05) is 35.0 Å². The lowest BCUT2D eigenvalue weighted by atomic mass is 10.0. The van der Waals surface area contributed by atoms with E-state index in [0.29, 0.717) is 12.8 Å². The van der Waals surface area contributed by atoms with Gasteiger partial charge in [0.05, 0.1) is 11.9 Å². The lowest BCUT2D eigenvalue weighted by Crippen LogP contribution is -2.10. The second kappa shape index (κ2) is 6.68. The van der Waals surface area contributed by atoms with E-state index >= 15 is 0 Å². The minimum atomic E-state index is -2.94. The Morgan fingerprint density at radius 3 is 2.61 bits per heavy atom. The lowest BCUT2D eigenvalue weighted by Gasteiger charge is -2.13. The molecule has 0 saturated heterocycles. The van der Waals surface area contributed by atoms with Crippen LogP contribution in [0.25, 0.3) is 0 Å². The molecule has 0 heterocycles. The van der Waals surface area contributed by atoms with E-state index in [1.54, 1.807) is 6.92 Å². The number of aliphatic hydroxyl groups is 1. The summed E-state index contributed by atoms with van der Waals surface area (Å²) in [4.78, 5) is 0. The van der Waals surface area contributed by atoms with Crippen LogP contribution in [0.15, 0.2) is 22.7 Å². The van der Waals surface area contributed by atoms with Gasteiger partial charge >= 0.3 is 0 Å². The zero-order valence-corrected chi connectivity index (χ0v) is 13.1. The summed E-state index contributed by atoms with van der Waals surface area (Å²) in [6.07, 6.45) is 0.325. The second-order valence-corrected chi connectivity index (χ2v) is 7.75. The summed E-state index contributed by atoms with van der Waals surface area (Å²) >= 11 is 3.41. The molecule has 0 aromatic heterocycles. The van der Waals surface area contributed by atoms with Crippen molar-refractivity contribution in [2.45, 2.75) is 32.8 Å². The van der Waals surface area contributed by atoms with Gasteiger partial charge in [0.1, 0.15) is 9.84 Å². The van der Waals surface area contributed by atoms with Crippen molar-refractivity contribution < 1.29 is 13.5 Å². The number of benzene rings is 1. The van der Waals surface area contributed by atoms with E-state index in [1.807, 2.05) is 25.1 Å². The maximum Gasteiger partial charge on any atom is 0.150 e. The highest BCUT2D eigenvalue weighted by Crippen LogP contribution is 2.27. The highest BCUT2D eigenvalue weighted by molar-refractivity contribution is 9.10. The molecular formula is C13H19BrO3S. The standard InChI is InChI=1S/C13H19BrO3S/c1-3-18(16,17)8-4-5-13(15)11-7-6-10(2)9-12(11)14/h6-7,9,13,15H,3-5,8H2,1-2H3. The highest BCUT2D eigenvalue weighted by Gasteiger charge is 2.13. The molecule has 0 aliphatic carbocycles. The Labute approximate surface area is 117 Å². The molecule has 0 fully saturated rings. The van der Waals surface area contributed by atoms with E-state index in [0.717, 1.165) is 15.6 Å². The van der Waals surface area contributed by atoms with Gasteiger partial charge in [-0.25, -0.2) is 8.42 Å². The topological polar surface area (TPSA) is 54.4 Å². The molecule has 1 aromatic rings. The van der Waals surface area contributed by atoms with Crippen LogP contribution in [0.5, 0.6) is 0 Å². The van der Waals surface area contributed by atoms with E-state index < -0.39 is 15.9 Å². The molecule has 3 nitrogen and oxygen atoms in total.